The van der Waals surface area contributed by atoms with E-state index in [2.05, 4.69) is 4.99 Å². The molecular weight excluding hydrogens is 140 g/mol. The number of thioether (sulfide) groups is 1. The highest BCUT2D eigenvalue weighted by molar-refractivity contribution is 8.02. The zero-order valence-corrected chi connectivity index (χ0v) is 5.34. The lowest BCUT2D eigenvalue weighted by Crippen LogP contribution is -2.25. The lowest BCUT2D eigenvalue weighted by atomic mass is 10.4. The molecule has 4 nitrogen and oxygen atoms in total. The third kappa shape index (κ3) is 1.43. The fraction of sp³-hybridized carbons (Fsp3) is 0.500. The van der Waals surface area contributed by atoms with Crippen molar-refractivity contribution in [1.29, 1.82) is 0 Å². The highest BCUT2D eigenvalue weighted by atomic mass is 32.2. The number of aliphatic imine (C=N–C) groups is 1. The lowest BCUT2D eigenvalue weighted by Gasteiger charge is -1.98. The number of nitrogens with zero attached hydrogens (tertiary/aromatic N) is 1. The minimum absolute atomic E-state index is 0.444. The zero-order chi connectivity index (χ0) is 6.85. The molecule has 2 atom stereocenters. The van der Waals surface area contributed by atoms with Gasteiger partial charge in [0, 0.05) is 6.21 Å². The summed E-state index contributed by atoms with van der Waals surface area (Å²) >= 11 is 1.03. The average molecular weight is 146 g/mol. The first-order valence-electron chi connectivity index (χ1n) is 2.36. The van der Waals surface area contributed by atoms with Crippen LogP contribution in [0.4, 0.5) is 0 Å². The van der Waals surface area contributed by atoms with Gasteiger partial charge in [-0.25, -0.2) is 0 Å². The Labute approximate surface area is 56.1 Å². The van der Waals surface area contributed by atoms with Crippen molar-refractivity contribution in [2.75, 3.05) is 0 Å². The molecule has 3 N–H and O–H groups in total. The van der Waals surface area contributed by atoms with Crippen LogP contribution < -0.4 is 5.73 Å². The van der Waals surface area contributed by atoms with E-state index in [1.165, 1.54) is 6.21 Å². The molecule has 0 aromatic heterocycles. The first-order valence-corrected chi connectivity index (χ1v) is 3.30. The smallest absolute Gasteiger partial charge is 0.236 e. The molecule has 0 saturated carbocycles. The van der Waals surface area contributed by atoms with Gasteiger partial charge in [-0.2, -0.15) is 0 Å². The van der Waals surface area contributed by atoms with E-state index in [0.29, 0.717) is 0 Å². The molecule has 50 valence electrons. The van der Waals surface area contributed by atoms with Crippen molar-refractivity contribution in [3.8, 4) is 0 Å². The van der Waals surface area contributed by atoms with Gasteiger partial charge in [0.1, 0.15) is 5.25 Å². The SMILES string of the molecule is NC(=O)C1C=NC(O)S1. The summed E-state index contributed by atoms with van der Waals surface area (Å²) in [6.07, 6.45) is 1.36. The Morgan fingerprint density at radius 2 is 2.56 bits per heavy atom. The summed E-state index contributed by atoms with van der Waals surface area (Å²) < 4.78 is 0. The first kappa shape index (κ1) is 6.57. The molecule has 0 saturated heterocycles. The van der Waals surface area contributed by atoms with Crippen LogP contribution in [0.2, 0.25) is 0 Å². The van der Waals surface area contributed by atoms with Gasteiger partial charge < -0.3 is 10.8 Å². The molecule has 1 aliphatic rings. The number of aliphatic hydroxyl groups is 1. The standard InChI is InChI=1S/C4H6N2O2S/c5-3(7)2-1-6-4(8)9-2/h1-2,4,8H,(H2,5,7). The van der Waals surface area contributed by atoms with Gasteiger partial charge in [0.05, 0.1) is 0 Å². The second-order valence-electron chi connectivity index (χ2n) is 1.58. The predicted molar refractivity (Wildman–Crippen MR) is 35.1 cm³/mol. The number of carbonyl (C=O) groups excluding carboxylic acids is 1. The Morgan fingerprint density at radius 1 is 1.89 bits per heavy atom. The number of amides is 1. The maximum Gasteiger partial charge on any atom is 0.236 e. The summed E-state index contributed by atoms with van der Waals surface area (Å²) in [4.78, 5) is 13.9. The maximum absolute atomic E-state index is 10.3. The summed E-state index contributed by atoms with van der Waals surface area (Å²) in [5.41, 5.74) is 4.09. The topological polar surface area (TPSA) is 75.7 Å². The third-order valence-electron chi connectivity index (χ3n) is 0.898. The molecule has 5 heteroatoms. The van der Waals surface area contributed by atoms with Gasteiger partial charge in [-0.1, -0.05) is 11.8 Å². The minimum atomic E-state index is -0.803. The Balaban J connectivity index is 2.50. The molecule has 1 aliphatic heterocycles. The van der Waals surface area contributed by atoms with Crippen LogP contribution in [0.15, 0.2) is 4.99 Å². The fourth-order valence-electron chi connectivity index (χ4n) is 0.494. The third-order valence-corrected chi connectivity index (χ3v) is 1.91. The molecular formula is C4H6N2O2S. The summed E-state index contributed by atoms with van der Waals surface area (Å²) in [6.45, 7) is 0. The van der Waals surface area contributed by atoms with Crippen molar-refractivity contribution in [3.05, 3.63) is 0 Å². The molecule has 0 spiro atoms. The molecule has 1 rings (SSSR count). The van der Waals surface area contributed by atoms with Crippen molar-refractivity contribution < 1.29 is 9.90 Å². The van der Waals surface area contributed by atoms with Gasteiger partial charge in [0.25, 0.3) is 0 Å². The van der Waals surface area contributed by atoms with Crippen LogP contribution in [0.3, 0.4) is 0 Å². The van der Waals surface area contributed by atoms with Crippen LogP contribution in [0.5, 0.6) is 0 Å². The van der Waals surface area contributed by atoms with Gasteiger partial charge in [0.2, 0.25) is 5.91 Å². The number of hydrogen-bond acceptors (Lipinski definition) is 4. The van der Waals surface area contributed by atoms with Crippen LogP contribution in [0.1, 0.15) is 0 Å². The molecule has 0 aromatic rings. The minimum Gasteiger partial charge on any atom is -0.368 e. The first-order chi connectivity index (χ1) is 4.20. The normalized spacial score (nSPS) is 33.0. The van der Waals surface area contributed by atoms with Crippen molar-refractivity contribution in [2.45, 2.75) is 10.8 Å². The fourth-order valence-corrected chi connectivity index (χ4v) is 1.17. The van der Waals surface area contributed by atoms with Crippen molar-refractivity contribution in [3.63, 3.8) is 0 Å². The molecule has 1 heterocycles. The molecule has 9 heavy (non-hydrogen) atoms. The van der Waals surface area contributed by atoms with Gasteiger partial charge in [-0.15, -0.1) is 0 Å². The van der Waals surface area contributed by atoms with Crippen LogP contribution in [-0.2, 0) is 4.79 Å². The second-order valence-corrected chi connectivity index (χ2v) is 2.79. The Kier molecular flexibility index (Phi) is 1.73. The van der Waals surface area contributed by atoms with Gasteiger partial charge in [-0.05, 0) is 0 Å². The monoisotopic (exact) mass is 146 g/mol. The van der Waals surface area contributed by atoms with E-state index in [9.17, 15) is 4.79 Å². The van der Waals surface area contributed by atoms with Crippen molar-refractivity contribution in [1.82, 2.24) is 0 Å². The molecule has 2 unspecified atom stereocenters. The van der Waals surface area contributed by atoms with E-state index in [0.717, 1.165) is 11.8 Å². The van der Waals surface area contributed by atoms with Crippen LogP contribution in [0, 0.1) is 0 Å². The molecule has 0 bridgehead atoms. The number of carbonyl (C=O) groups is 1. The van der Waals surface area contributed by atoms with Crippen LogP contribution in [-0.4, -0.2) is 28.0 Å². The van der Waals surface area contributed by atoms with Gasteiger partial charge >= 0.3 is 0 Å². The Morgan fingerprint density at radius 3 is 2.78 bits per heavy atom. The zero-order valence-electron chi connectivity index (χ0n) is 4.52. The number of hydrogen-bond donors (Lipinski definition) is 2. The summed E-state index contributed by atoms with van der Waals surface area (Å²) in [7, 11) is 0. The average Bonchev–Trinajstić information content (AvgIpc) is 2.14. The lowest BCUT2D eigenvalue weighted by molar-refractivity contribution is -0.116. The maximum atomic E-state index is 10.3. The summed E-state index contributed by atoms with van der Waals surface area (Å²) in [6, 6.07) is 0. The van der Waals surface area contributed by atoms with E-state index in [4.69, 9.17) is 10.8 Å². The summed E-state index contributed by atoms with van der Waals surface area (Å²) in [5.74, 6) is -0.458. The van der Waals surface area contributed by atoms with E-state index in [1.54, 1.807) is 0 Å². The molecule has 0 radical (unpaired) electrons. The van der Waals surface area contributed by atoms with Crippen molar-refractivity contribution in [2.24, 2.45) is 10.7 Å². The molecule has 1 amide bonds. The largest absolute Gasteiger partial charge is 0.368 e. The number of rotatable bonds is 1. The van der Waals surface area contributed by atoms with Crippen molar-refractivity contribution >= 4 is 23.9 Å². The number of primary amides is 1. The van der Waals surface area contributed by atoms with E-state index >= 15 is 0 Å². The summed E-state index contributed by atoms with van der Waals surface area (Å²) in [5, 5.41) is 8.26. The van der Waals surface area contributed by atoms with E-state index < -0.39 is 16.7 Å². The Bertz CT molecular complexity index is 159. The van der Waals surface area contributed by atoms with Gasteiger partial charge in [-0.3, -0.25) is 9.79 Å². The predicted octanol–water partition coefficient (Wildman–Crippen LogP) is -1.07. The Hall–Kier alpha value is -0.550. The molecule has 0 aliphatic carbocycles. The highest BCUT2D eigenvalue weighted by Gasteiger charge is 2.22. The van der Waals surface area contributed by atoms with Gasteiger partial charge in [0.15, 0.2) is 5.56 Å². The van der Waals surface area contributed by atoms with Crippen LogP contribution in [0.25, 0.3) is 0 Å². The van der Waals surface area contributed by atoms with E-state index in [1.807, 2.05) is 0 Å². The molecule has 0 aromatic carbocycles. The number of nitrogens with two attached hydrogens (primary N) is 1. The number of aliphatic hydroxyl groups excluding tert-OH is 1. The van der Waals surface area contributed by atoms with E-state index in [-0.39, 0.29) is 0 Å². The van der Waals surface area contributed by atoms with Crippen LogP contribution >= 0.6 is 11.8 Å². The highest BCUT2D eigenvalue weighted by Crippen LogP contribution is 2.20. The second kappa shape index (κ2) is 2.36. The molecule has 0 fully saturated rings. The quantitative estimate of drug-likeness (QED) is 0.494.